The molecule has 0 bridgehead atoms. The number of nitrogen functional groups attached to an aromatic ring is 1. The van der Waals surface area contributed by atoms with E-state index in [2.05, 4.69) is 10.2 Å². The zero-order valence-electron chi connectivity index (χ0n) is 12.2. The molecule has 1 fully saturated rings. The quantitative estimate of drug-likeness (QED) is 0.800. The van der Waals surface area contributed by atoms with Gasteiger partial charge in [0.2, 0.25) is 0 Å². The highest BCUT2D eigenvalue weighted by atomic mass is 16.5. The second kappa shape index (κ2) is 6.61. The molecule has 0 aromatic heterocycles. The van der Waals surface area contributed by atoms with Crippen molar-refractivity contribution >= 4 is 11.6 Å². The van der Waals surface area contributed by atoms with E-state index in [9.17, 15) is 4.79 Å². The van der Waals surface area contributed by atoms with Crippen LogP contribution in [0.5, 0.6) is 5.75 Å². The second-order valence-electron chi connectivity index (χ2n) is 5.34. The van der Waals surface area contributed by atoms with E-state index in [4.69, 9.17) is 10.5 Å². The number of ether oxygens (including phenoxy) is 1. The number of rotatable bonds is 5. The van der Waals surface area contributed by atoms with Gasteiger partial charge < -0.3 is 20.7 Å². The van der Waals surface area contributed by atoms with Crippen LogP contribution in [0.25, 0.3) is 0 Å². The van der Waals surface area contributed by atoms with Crippen LogP contribution >= 0.6 is 0 Å². The van der Waals surface area contributed by atoms with E-state index in [0.717, 1.165) is 19.6 Å². The van der Waals surface area contributed by atoms with Crippen molar-refractivity contribution < 1.29 is 9.53 Å². The molecule has 1 aliphatic heterocycles. The van der Waals surface area contributed by atoms with Crippen molar-refractivity contribution in [2.24, 2.45) is 0 Å². The van der Waals surface area contributed by atoms with Gasteiger partial charge in [0.15, 0.2) is 0 Å². The fourth-order valence-electron chi connectivity index (χ4n) is 2.60. The van der Waals surface area contributed by atoms with E-state index in [1.165, 1.54) is 12.8 Å². The minimum absolute atomic E-state index is 0.114. The van der Waals surface area contributed by atoms with Crippen LogP contribution in [0.15, 0.2) is 18.2 Å². The number of nitrogens with zero attached hydrogens (tertiary/aromatic N) is 1. The first-order valence-corrected chi connectivity index (χ1v) is 7.07. The molecule has 1 amide bonds. The lowest BCUT2D eigenvalue weighted by Crippen LogP contribution is -2.41. The lowest BCUT2D eigenvalue weighted by Gasteiger charge is -2.21. The minimum atomic E-state index is -0.117. The molecule has 5 heteroatoms. The molecule has 110 valence electrons. The molecule has 1 saturated heterocycles. The van der Waals surface area contributed by atoms with Gasteiger partial charge in [0.05, 0.1) is 12.7 Å². The van der Waals surface area contributed by atoms with E-state index < -0.39 is 0 Å². The molecule has 0 radical (unpaired) electrons. The molecule has 2 rings (SSSR count). The maximum absolute atomic E-state index is 12.3. The Hall–Kier alpha value is -1.75. The van der Waals surface area contributed by atoms with Crippen molar-refractivity contribution in [1.82, 2.24) is 10.2 Å². The van der Waals surface area contributed by atoms with Crippen LogP contribution in [0.3, 0.4) is 0 Å². The summed E-state index contributed by atoms with van der Waals surface area (Å²) in [5.41, 5.74) is 6.80. The average Bonchev–Trinajstić information content (AvgIpc) is 2.90. The first-order valence-electron chi connectivity index (χ1n) is 7.07. The largest absolute Gasteiger partial charge is 0.496 e. The second-order valence-corrected chi connectivity index (χ2v) is 5.34. The molecule has 1 aliphatic rings. The van der Waals surface area contributed by atoms with Gasteiger partial charge in [0, 0.05) is 24.3 Å². The Morgan fingerprint density at radius 1 is 1.45 bits per heavy atom. The van der Waals surface area contributed by atoms with Crippen LogP contribution in [-0.4, -0.2) is 43.6 Å². The lowest BCUT2D eigenvalue weighted by molar-refractivity contribution is 0.0929. The number of carbonyl (C=O) groups is 1. The van der Waals surface area contributed by atoms with Crippen molar-refractivity contribution in [1.29, 1.82) is 0 Å². The Morgan fingerprint density at radius 2 is 2.15 bits per heavy atom. The number of methoxy groups -OCH3 is 1. The van der Waals surface area contributed by atoms with E-state index in [1.54, 1.807) is 25.3 Å². The van der Waals surface area contributed by atoms with Crippen LogP contribution < -0.4 is 15.8 Å². The summed E-state index contributed by atoms with van der Waals surface area (Å²) in [7, 11) is 1.54. The summed E-state index contributed by atoms with van der Waals surface area (Å²) in [5.74, 6) is 0.393. The van der Waals surface area contributed by atoms with Crippen LogP contribution in [0.4, 0.5) is 5.69 Å². The molecule has 20 heavy (non-hydrogen) atoms. The molecule has 1 aromatic rings. The van der Waals surface area contributed by atoms with Gasteiger partial charge in [-0.15, -0.1) is 0 Å². The van der Waals surface area contributed by atoms with E-state index >= 15 is 0 Å². The number of likely N-dealkylation sites (tertiary alicyclic amines) is 1. The number of benzene rings is 1. The van der Waals surface area contributed by atoms with Crippen molar-refractivity contribution in [2.75, 3.05) is 32.5 Å². The summed E-state index contributed by atoms with van der Waals surface area (Å²) in [5, 5.41) is 3.02. The fourth-order valence-corrected chi connectivity index (χ4v) is 2.60. The normalized spacial score (nSPS) is 16.9. The predicted molar refractivity (Wildman–Crippen MR) is 80.0 cm³/mol. The number of anilines is 1. The summed E-state index contributed by atoms with van der Waals surface area (Å²) in [4.78, 5) is 14.6. The zero-order valence-corrected chi connectivity index (χ0v) is 12.2. The predicted octanol–water partition coefficient (Wildman–Crippen LogP) is 1.49. The molecule has 1 aromatic carbocycles. The third-order valence-corrected chi connectivity index (χ3v) is 3.58. The third-order valence-electron chi connectivity index (χ3n) is 3.58. The number of carbonyl (C=O) groups excluding carboxylic acids is 1. The first kappa shape index (κ1) is 14.7. The summed E-state index contributed by atoms with van der Waals surface area (Å²) in [6, 6.07) is 5.19. The minimum Gasteiger partial charge on any atom is -0.496 e. The van der Waals surface area contributed by atoms with Crippen LogP contribution in [0, 0.1) is 0 Å². The molecular formula is C15H23N3O2. The van der Waals surface area contributed by atoms with Gasteiger partial charge in [0.1, 0.15) is 5.75 Å². The van der Waals surface area contributed by atoms with Gasteiger partial charge in [0.25, 0.3) is 5.91 Å². The smallest absolute Gasteiger partial charge is 0.255 e. The van der Waals surface area contributed by atoms with Gasteiger partial charge in [-0.05, 0) is 45.0 Å². The van der Waals surface area contributed by atoms with Crippen molar-refractivity contribution in [3.05, 3.63) is 23.8 Å². The Labute approximate surface area is 120 Å². The maximum atomic E-state index is 12.3. The highest BCUT2D eigenvalue weighted by Gasteiger charge is 2.18. The zero-order chi connectivity index (χ0) is 14.5. The molecule has 1 unspecified atom stereocenters. The highest BCUT2D eigenvalue weighted by molar-refractivity contribution is 5.97. The van der Waals surface area contributed by atoms with Crippen LogP contribution in [0.1, 0.15) is 30.1 Å². The topological polar surface area (TPSA) is 67.6 Å². The molecule has 1 heterocycles. The molecule has 5 nitrogen and oxygen atoms in total. The summed E-state index contributed by atoms with van der Waals surface area (Å²) in [6.45, 7) is 5.18. The molecule has 0 spiro atoms. The van der Waals surface area contributed by atoms with Crippen LogP contribution in [0.2, 0.25) is 0 Å². The van der Waals surface area contributed by atoms with Gasteiger partial charge in [-0.3, -0.25) is 4.79 Å². The molecule has 0 aliphatic carbocycles. The average molecular weight is 277 g/mol. The number of nitrogens with two attached hydrogens (primary N) is 1. The third kappa shape index (κ3) is 3.63. The van der Waals surface area contributed by atoms with E-state index in [-0.39, 0.29) is 11.9 Å². The fraction of sp³-hybridized carbons (Fsp3) is 0.533. The highest BCUT2D eigenvalue weighted by Crippen LogP contribution is 2.21. The first-order chi connectivity index (χ1) is 9.60. The molecular weight excluding hydrogens is 254 g/mol. The Morgan fingerprint density at radius 3 is 2.80 bits per heavy atom. The molecule has 1 atom stereocenters. The van der Waals surface area contributed by atoms with E-state index in [1.807, 2.05) is 6.92 Å². The Balaban J connectivity index is 1.96. The Kier molecular flexibility index (Phi) is 4.84. The van der Waals surface area contributed by atoms with Crippen molar-refractivity contribution in [3.8, 4) is 5.75 Å². The SMILES string of the molecule is COc1cc(N)ccc1C(=O)NC(C)CN1CCCC1. The lowest BCUT2D eigenvalue weighted by atomic mass is 10.1. The Bertz CT molecular complexity index is 470. The summed E-state index contributed by atoms with van der Waals surface area (Å²) >= 11 is 0. The number of hydrogen-bond donors (Lipinski definition) is 2. The maximum Gasteiger partial charge on any atom is 0.255 e. The van der Waals surface area contributed by atoms with Crippen molar-refractivity contribution in [2.45, 2.75) is 25.8 Å². The number of hydrogen-bond acceptors (Lipinski definition) is 4. The molecule has 3 N–H and O–H groups in total. The number of nitrogens with one attached hydrogen (secondary N) is 1. The standard InChI is InChI=1S/C15H23N3O2/c1-11(10-18-7-3-4-8-18)17-15(19)13-6-5-12(16)9-14(13)20-2/h5-6,9,11H,3-4,7-8,10,16H2,1-2H3,(H,17,19). The van der Waals surface area contributed by atoms with Crippen molar-refractivity contribution in [3.63, 3.8) is 0 Å². The molecule has 0 saturated carbocycles. The van der Waals surface area contributed by atoms with Gasteiger partial charge in [-0.2, -0.15) is 0 Å². The number of amides is 1. The van der Waals surface area contributed by atoms with Gasteiger partial charge >= 0.3 is 0 Å². The summed E-state index contributed by atoms with van der Waals surface area (Å²) in [6.07, 6.45) is 2.51. The van der Waals surface area contributed by atoms with Gasteiger partial charge in [-0.25, -0.2) is 0 Å². The monoisotopic (exact) mass is 277 g/mol. The van der Waals surface area contributed by atoms with Crippen LogP contribution in [-0.2, 0) is 0 Å². The van der Waals surface area contributed by atoms with Gasteiger partial charge in [-0.1, -0.05) is 0 Å². The van der Waals surface area contributed by atoms with E-state index in [0.29, 0.717) is 17.0 Å². The summed E-state index contributed by atoms with van der Waals surface area (Å²) < 4.78 is 5.21.